The fourth-order valence-corrected chi connectivity index (χ4v) is 3.45. The molecule has 0 unspecified atom stereocenters. The first kappa shape index (κ1) is 20.8. The van der Waals surface area contributed by atoms with Crippen molar-refractivity contribution in [3.63, 3.8) is 0 Å². The highest BCUT2D eigenvalue weighted by atomic mass is 35.5. The molecule has 0 radical (unpaired) electrons. The standard InChI is InChI=1S/C17H25N3O2S.ClH/c1-13-4-6-14(7-5-13)19-15(21)10-23-11-16(22)20-17(12-18)8-2-3-9-17;/h4-7H,2-3,8-12,18H2,1H3,(H,19,21)(H,20,22);1H. The molecule has 1 fully saturated rings. The van der Waals surface area contributed by atoms with E-state index in [1.807, 2.05) is 31.2 Å². The molecule has 1 aliphatic carbocycles. The molecule has 1 aromatic rings. The van der Waals surface area contributed by atoms with Crippen molar-refractivity contribution in [1.82, 2.24) is 5.32 Å². The van der Waals surface area contributed by atoms with E-state index in [9.17, 15) is 9.59 Å². The summed E-state index contributed by atoms with van der Waals surface area (Å²) in [6.45, 7) is 2.48. The third-order valence-corrected chi connectivity index (χ3v) is 5.09. The van der Waals surface area contributed by atoms with Gasteiger partial charge < -0.3 is 16.4 Å². The van der Waals surface area contributed by atoms with Gasteiger partial charge in [-0.25, -0.2) is 0 Å². The van der Waals surface area contributed by atoms with Gasteiger partial charge in [0.2, 0.25) is 11.8 Å². The lowest BCUT2D eigenvalue weighted by Crippen LogP contribution is -2.52. The Labute approximate surface area is 153 Å². The van der Waals surface area contributed by atoms with E-state index in [0.29, 0.717) is 6.54 Å². The van der Waals surface area contributed by atoms with Crippen LogP contribution in [0.5, 0.6) is 0 Å². The molecule has 0 aliphatic heterocycles. The predicted molar refractivity (Wildman–Crippen MR) is 103 cm³/mol. The molecule has 2 amide bonds. The quantitative estimate of drug-likeness (QED) is 0.687. The highest BCUT2D eigenvalue weighted by molar-refractivity contribution is 8.00. The van der Waals surface area contributed by atoms with E-state index in [1.165, 1.54) is 11.8 Å². The van der Waals surface area contributed by atoms with Crippen molar-refractivity contribution >= 4 is 41.7 Å². The first-order chi connectivity index (χ1) is 11.0. The summed E-state index contributed by atoms with van der Waals surface area (Å²) in [5, 5.41) is 5.88. The summed E-state index contributed by atoms with van der Waals surface area (Å²) in [4.78, 5) is 23.9. The van der Waals surface area contributed by atoms with Gasteiger partial charge in [-0.2, -0.15) is 0 Å². The highest BCUT2D eigenvalue weighted by Crippen LogP contribution is 2.28. The topological polar surface area (TPSA) is 84.2 Å². The molecule has 134 valence electrons. The largest absolute Gasteiger partial charge is 0.349 e. The van der Waals surface area contributed by atoms with E-state index in [1.54, 1.807) is 0 Å². The minimum Gasteiger partial charge on any atom is -0.349 e. The molecule has 0 heterocycles. The molecule has 24 heavy (non-hydrogen) atoms. The average Bonchev–Trinajstić information content (AvgIpc) is 2.98. The van der Waals surface area contributed by atoms with Gasteiger partial charge in [0, 0.05) is 12.2 Å². The zero-order valence-corrected chi connectivity index (χ0v) is 15.6. The molecule has 2 rings (SSSR count). The van der Waals surface area contributed by atoms with Crippen molar-refractivity contribution in [3.05, 3.63) is 29.8 Å². The third kappa shape index (κ3) is 6.34. The van der Waals surface area contributed by atoms with Crippen LogP contribution >= 0.6 is 24.2 Å². The Hall–Kier alpha value is -1.24. The summed E-state index contributed by atoms with van der Waals surface area (Å²) in [7, 11) is 0. The number of thioether (sulfide) groups is 1. The number of anilines is 1. The number of carbonyl (C=O) groups is 2. The number of aryl methyl sites for hydroxylation is 1. The van der Waals surface area contributed by atoms with Crippen molar-refractivity contribution in [2.45, 2.75) is 38.1 Å². The van der Waals surface area contributed by atoms with Crippen LogP contribution in [0.2, 0.25) is 0 Å². The van der Waals surface area contributed by atoms with Gasteiger partial charge in [-0.15, -0.1) is 24.2 Å². The lowest BCUT2D eigenvalue weighted by Gasteiger charge is -2.28. The van der Waals surface area contributed by atoms with Crippen LogP contribution in [0.15, 0.2) is 24.3 Å². The molecule has 0 aromatic heterocycles. The Bertz CT molecular complexity index is 545. The summed E-state index contributed by atoms with van der Waals surface area (Å²) >= 11 is 1.32. The number of hydrogen-bond donors (Lipinski definition) is 3. The van der Waals surface area contributed by atoms with Gasteiger partial charge in [0.05, 0.1) is 17.0 Å². The molecule has 0 atom stereocenters. The van der Waals surface area contributed by atoms with Crippen LogP contribution in [-0.2, 0) is 9.59 Å². The van der Waals surface area contributed by atoms with E-state index in [2.05, 4.69) is 10.6 Å². The molecule has 0 saturated heterocycles. The number of nitrogens with one attached hydrogen (secondary N) is 2. The molecule has 0 bridgehead atoms. The van der Waals surface area contributed by atoms with Crippen LogP contribution in [-0.4, -0.2) is 35.4 Å². The van der Waals surface area contributed by atoms with Crippen LogP contribution < -0.4 is 16.4 Å². The molecule has 0 spiro atoms. The SMILES string of the molecule is Cc1ccc(NC(=O)CSCC(=O)NC2(CN)CCCC2)cc1.Cl. The van der Waals surface area contributed by atoms with Crippen LogP contribution in [0.1, 0.15) is 31.2 Å². The molecule has 4 N–H and O–H groups in total. The summed E-state index contributed by atoms with van der Waals surface area (Å²) in [5.74, 6) is 0.409. The van der Waals surface area contributed by atoms with E-state index in [-0.39, 0.29) is 41.3 Å². The van der Waals surface area contributed by atoms with Crippen LogP contribution in [0.4, 0.5) is 5.69 Å². The van der Waals surface area contributed by atoms with E-state index in [0.717, 1.165) is 36.9 Å². The fourth-order valence-electron chi connectivity index (χ4n) is 2.83. The lowest BCUT2D eigenvalue weighted by atomic mass is 9.98. The van der Waals surface area contributed by atoms with Gasteiger partial charge in [0.15, 0.2) is 0 Å². The first-order valence-electron chi connectivity index (χ1n) is 7.98. The minimum atomic E-state index is -0.220. The van der Waals surface area contributed by atoms with Crippen LogP contribution in [0, 0.1) is 6.92 Å². The maximum Gasteiger partial charge on any atom is 0.234 e. The summed E-state index contributed by atoms with van der Waals surface area (Å²) in [5.41, 5.74) is 7.51. The molecule has 1 aliphatic rings. The monoisotopic (exact) mass is 371 g/mol. The Morgan fingerprint density at radius 3 is 2.29 bits per heavy atom. The molecule has 1 saturated carbocycles. The Kier molecular flexibility index (Phi) is 8.59. The van der Waals surface area contributed by atoms with Crippen molar-refractivity contribution in [3.8, 4) is 0 Å². The molecular weight excluding hydrogens is 346 g/mol. The summed E-state index contributed by atoms with van der Waals surface area (Å²) < 4.78 is 0. The van der Waals surface area contributed by atoms with Crippen molar-refractivity contribution in [2.24, 2.45) is 5.73 Å². The van der Waals surface area contributed by atoms with Gasteiger partial charge in [-0.3, -0.25) is 9.59 Å². The van der Waals surface area contributed by atoms with E-state index < -0.39 is 0 Å². The lowest BCUT2D eigenvalue weighted by molar-refractivity contribution is -0.120. The van der Waals surface area contributed by atoms with Gasteiger partial charge >= 0.3 is 0 Å². The second-order valence-corrected chi connectivity index (χ2v) is 7.13. The van der Waals surface area contributed by atoms with Gasteiger partial charge in [-0.1, -0.05) is 30.5 Å². The van der Waals surface area contributed by atoms with Gasteiger partial charge in [0.1, 0.15) is 0 Å². The molecule has 1 aromatic carbocycles. The average molecular weight is 372 g/mol. The number of amides is 2. The van der Waals surface area contributed by atoms with Crippen molar-refractivity contribution in [2.75, 3.05) is 23.4 Å². The zero-order valence-electron chi connectivity index (χ0n) is 14.0. The third-order valence-electron chi connectivity index (χ3n) is 4.16. The first-order valence-corrected chi connectivity index (χ1v) is 9.14. The fraction of sp³-hybridized carbons (Fsp3) is 0.529. The van der Waals surface area contributed by atoms with E-state index in [4.69, 9.17) is 5.73 Å². The number of hydrogen-bond acceptors (Lipinski definition) is 4. The van der Waals surface area contributed by atoms with Crippen LogP contribution in [0.3, 0.4) is 0 Å². The highest BCUT2D eigenvalue weighted by Gasteiger charge is 2.33. The second-order valence-electron chi connectivity index (χ2n) is 6.15. The smallest absolute Gasteiger partial charge is 0.234 e. The van der Waals surface area contributed by atoms with Crippen molar-refractivity contribution in [1.29, 1.82) is 0 Å². The maximum absolute atomic E-state index is 12.0. The number of carbonyl (C=O) groups excluding carboxylic acids is 2. The summed E-state index contributed by atoms with van der Waals surface area (Å²) in [6.07, 6.45) is 4.13. The van der Waals surface area contributed by atoms with Gasteiger partial charge in [0.25, 0.3) is 0 Å². The second kappa shape index (κ2) is 9.91. The predicted octanol–water partition coefficient (Wildman–Crippen LogP) is 2.48. The summed E-state index contributed by atoms with van der Waals surface area (Å²) in [6, 6.07) is 7.64. The number of halogens is 1. The Balaban J connectivity index is 0.00000288. The molecule has 7 heteroatoms. The molecular formula is C17H26ClN3O2S. The minimum absolute atomic E-state index is 0. The number of rotatable bonds is 7. The Morgan fingerprint density at radius 2 is 1.71 bits per heavy atom. The van der Waals surface area contributed by atoms with E-state index >= 15 is 0 Å². The van der Waals surface area contributed by atoms with Crippen LogP contribution in [0.25, 0.3) is 0 Å². The maximum atomic E-state index is 12.0. The van der Waals surface area contributed by atoms with Crippen molar-refractivity contribution < 1.29 is 9.59 Å². The number of benzene rings is 1. The number of nitrogens with two attached hydrogens (primary N) is 1. The van der Waals surface area contributed by atoms with Gasteiger partial charge in [-0.05, 0) is 31.9 Å². The Morgan fingerprint density at radius 1 is 1.12 bits per heavy atom. The normalized spacial score (nSPS) is 15.4. The molecule has 5 nitrogen and oxygen atoms in total. The zero-order chi connectivity index (χ0) is 16.7.